The van der Waals surface area contributed by atoms with Gasteiger partial charge in [0.25, 0.3) is 0 Å². The van der Waals surface area contributed by atoms with Gasteiger partial charge in [0.05, 0.1) is 5.41 Å². The molecule has 1 heterocycles. The molecule has 1 atom stereocenters. The van der Waals surface area contributed by atoms with Gasteiger partial charge in [0, 0.05) is 27.7 Å². The monoisotopic (exact) mass is 311 g/mol. The lowest BCUT2D eigenvalue weighted by Crippen LogP contribution is -2.55. The van der Waals surface area contributed by atoms with E-state index in [0.717, 1.165) is 32.4 Å². The highest BCUT2D eigenvalue weighted by Crippen LogP contribution is 2.32. The van der Waals surface area contributed by atoms with E-state index in [-0.39, 0.29) is 23.7 Å². The van der Waals surface area contributed by atoms with Crippen LogP contribution in [0.25, 0.3) is 0 Å². The van der Waals surface area contributed by atoms with Gasteiger partial charge in [-0.15, -0.1) is 12.4 Å². The molecule has 0 aliphatic carbocycles. The van der Waals surface area contributed by atoms with Crippen molar-refractivity contribution in [3.63, 3.8) is 0 Å². The van der Waals surface area contributed by atoms with E-state index in [2.05, 4.69) is 17.4 Å². The lowest BCUT2D eigenvalue weighted by Gasteiger charge is -2.40. The van der Waals surface area contributed by atoms with Crippen molar-refractivity contribution in [3.8, 4) is 0 Å². The quantitative estimate of drug-likeness (QED) is 0.863. The minimum atomic E-state index is -0.321. The summed E-state index contributed by atoms with van der Waals surface area (Å²) >= 11 is 0. The topological polar surface area (TPSA) is 35.6 Å². The van der Waals surface area contributed by atoms with Crippen LogP contribution in [0.15, 0.2) is 30.3 Å². The van der Waals surface area contributed by atoms with E-state index in [9.17, 15) is 4.79 Å². The molecule has 4 nitrogen and oxygen atoms in total. The van der Waals surface area contributed by atoms with E-state index in [0.29, 0.717) is 0 Å². The Kier molecular flexibility index (Phi) is 6.65. The molecule has 1 amide bonds. The highest BCUT2D eigenvalue weighted by molar-refractivity contribution is 5.85. The molecular weight excluding hydrogens is 286 g/mol. The number of nitrogens with zero attached hydrogens (tertiary/aromatic N) is 2. The van der Waals surface area contributed by atoms with Crippen LogP contribution in [0.5, 0.6) is 0 Å². The minimum Gasteiger partial charge on any atom is -0.316 e. The third-order valence-corrected chi connectivity index (χ3v) is 4.21. The zero-order valence-corrected chi connectivity index (χ0v) is 13.9. The van der Waals surface area contributed by atoms with Crippen molar-refractivity contribution in [2.24, 2.45) is 5.41 Å². The Bertz CT molecular complexity index is 444. The molecule has 2 rings (SSSR count). The lowest BCUT2D eigenvalue weighted by atomic mass is 9.74. The predicted octanol–water partition coefficient (Wildman–Crippen LogP) is 1.96. The van der Waals surface area contributed by atoms with E-state index >= 15 is 0 Å². The second-order valence-corrected chi connectivity index (χ2v) is 5.90. The van der Waals surface area contributed by atoms with Crippen LogP contribution < -0.4 is 5.32 Å². The van der Waals surface area contributed by atoms with E-state index in [4.69, 9.17) is 0 Å². The average Bonchev–Trinajstić information content (AvgIpc) is 2.47. The molecule has 5 heteroatoms. The standard InChI is InChI=1S/C16H25N3O.ClH/c1-18(2)19(3)15(20)16(10-7-11-17-13-16)12-14-8-5-4-6-9-14;/h4-6,8-9,17H,7,10-13H2,1-3H3;1H/t16-;/m1./s1. The number of halogens is 1. The lowest BCUT2D eigenvalue weighted by molar-refractivity contribution is -0.154. The van der Waals surface area contributed by atoms with Gasteiger partial charge in [-0.1, -0.05) is 30.3 Å². The Hall–Kier alpha value is -1.10. The number of hydrogen-bond acceptors (Lipinski definition) is 3. The number of rotatable bonds is 4. The third-order valence-electron chi connectivity index (χ3n) is 4.21. The summed E-state index contributed by atoms with van der Waals surface area (Å²) in [5, 5.41) is 6.99. The van der Waals surface area contributed by atoms with Crippen LogP contribution in [0, 0.1) is 5.41 Å². The van der Waals surface area contributed by atoms with Crippen molar-refractivity contribution in [2.75, 3.05) is 34.2 Å². The average molecular weight is 312 g/mol. The fourth-order valence-corrected chi connectivity index (χ4v) is 2.89. The van der Waals surface area contributed by atoms with Gasteiger partial charge in [-0.05, 0) is 31.4 Å². The largest absolute Gasteiger partial charge is 0.316 e. The molecule has 1 N–H and O–H groups in total. The van der Waals surface area contributed by atoms with E-state index in [1.165, 1.54) is 5.56 Å². The minimum absolute atomic E-state index is 0. The molecule has 21 heavy (non-hydrogen) atoms. The zero-order chi connectivity index (χ0) is 14.6. The van der Waals surface area contributed by atoms with Crippen LogP contribution in [0.4, 0.5) is 0 Å². The summed E-state index contributed by atoms with van der Waals surface area (Å²) < 4.78 is 0. The number of hydrazine groups is 1. The maximum atomic E-state index is 12.9. The zero-order valence-electron chi connectivity index (χ0n) is 13.1. The molecule has 0 bridgehead atoms. The molecule has 0 radical (unpaired) electrons. The molecule has 1 aliphatic heterocycles. The summed E-state index contributed by atoms with van der Waals surface area (Å²) in [4.78, 5) is 12.9. The summed E-state index contributed by atoms with van der Waals surface area (Å²) in [7, 11) is 5.67. The van der Waals surface area contributed by atoms with Crippen LogP contribution in [0.1, 0.15) is 18.4 Å². The van der Waals surface area contributed by atoms with E-state index in [1.54, 1.807) is 5.01 Å². The maximum Gasteiger partial charge on any atom is 0.244 e. The fraction of sp³-hybridized carbons (Fsp3) is 0.562. The summed E-state index contributed by atoms with van der Waals surface area (Å²) in [6.07, 6.45) is 2.81. The predicted molar refractivity (Wildman–Crippen MR) is 88.4 cm³/mol. The Morgan fingerprint density at radius 3 is 2.43 bits per heavy atom. The Morgan fingerprint density at radius 2 is 1.90 bits per heavy atom. The molecule has 118 valence electrons. The molecule has 1 saturated heterocycles. The van der Waals surface area contributed by atoms with Crippen molar-refractivity contribution in [2.45, 2.75) is 19.3 Å². The Balaban J connectivity index is 0.00000220. The highest BCUT2D eigenvalue weighted by atomic mass is 35.5. The summed E-state index contributed by atoms with van der Waals surface area (Å²) in [5.41, 5.74) is 0.912. The van der Waals surface area contributed by atoms with Crippen LogP contribution in [0.2, 0.25) is 0 Å². The second-order valence-electron chi connectivity index (χ2n) is 5.90. The molecule has 0 aromatic heterocycles. The van der Waals surface area contributed by atoms with Gasteiger partial charge < -0.3 is 5.32 Å². The number of carbonyl (C=O) groups is 1. The number of carbonyl (C=O) groups excluding carboxylic acids is 1. The van der Waals surface area contributed by atoms with Gasteiger partial charge in [-0.3, -0.25) is 9.80 Å². The third kappa shape index (κ3) is 4.19. The SMILES string of the molecule is CN(C)N(C)C(=O)[C@@]1(Cc2ccccc2)CCCNC1.Cl. The van der Waals surface area contributed by atoms with Crippen molar-refractivity contribution < 1.29 is 4.79 Å². The Labute approximate surface area is 133 Å². The summed E-state index contributed by atoms with van der Waals surface area (Å²) in [5.74, 6) is 0.207. The van der Waals surface area contributed by atoms with E-state index < -0.39 is 0 Å². The molecular formula is C16H26ClN3O. The molecule has 1 aromatic carbocycles. The number of nitrogens with one attached hydrogen (secondary N) is 1. The number of piperidine rings is 1. The van der Waals surface area contributed by atoms with Gasteiger partial charge in [-0.25, -0.2) is 5.01 Å². The number of amides is 1. The van der Waals surface area contributed by atoms with Crippen LogP contribution in [0.3, 0.4) is 0 Å². The Morgan fingerprint density at radius 1 is 1.24 bits per heavy atom. The van der Waals surface area contributed by atoms with Gasteiger partial charge in [0.15, 0.2) is 0 Å². The normalized spacial score (nSPS) is 21.7. The van der Waals surface area contributed by atoms with Crippen LogP contribution in [-0.4, -0.2) is 50.2 Å². The van der Waals surface area contributed by atoms with Gasteiger partial charge >= 0.3 is 0 Å². The first-order valence-corrected chi connectivity index (χ1v) is 7.25. The molecule has 1 aliphatic rings. The highest BCUT2D eigenvalue weighted by Gasteiger charge is 2.41. The molecule has 0 unspecified atom stereocenters. The molecule has 0 saturated carbocycles. The van der Waals surface area contributed by atoms with Crippen LogP contribution >= 0.6 is 12.4 Å². The number of hydrogen-bond donors (Lipinski definition) is 1. The number of benzene rings is 1. The first-order valence-electron chi connectivity index (χ1n) is 7.25. The van der Waals surface area contributed by atoms with Gasteiger partial charge in [-0.2, -0.15) is 0 Å². The fourth-order valence-electron chi connectivity index (χ4n) is 2.89. The van der Waals surface area contributed by atoms with Crippen molar-refractivity contribution in [3.05, 3.63) is 35.9 Å². The van der Waals surface area contributed by atoms with Gasteiger partial charge in [0.1, 0.15) is 0 Å². The second kappa shape index (κ2) is 7.78. The first-order chi connectivity index (χ1) is 9.55. The van der Waals surface area contributed by atoms with E-state index in [1.807, 2.05) is 44.4 Å². The van der Waals surface area contributed by atoms with Crippen molar-refractivity contribution in [1.82, 2.24) is 15.3 Å². The molecule has 1 aromatic rings. The maximum absolute atomic E-state index is 12.9. The van der Waals surface area contributed by atoms with Gasteiger partial charge in [0.2, 0.25) is 5.91 Å². The smallest absolute Gasteiger partial charge is 0.244 e. The summed E-state index contributed by atoms with van der Waals surface area (Å²) in [6, 6.07) is 10.3. The molecule has 0 spiro atoms. The van der Waals surface area contributed by atoms with Crippen molar-refractivity contribution in [1.29, 1.82) is 0 Å². The van der Waals surface area contributed by atoms with Crippen LogP contribution in [-0.2, 0) is 11.2 Å². The summed E-state index contributed by atoms with van der Waals surface area (Å²) in [6.45, 7) is 1.77. The first kappa shape index (κ1) is 18.0. The molecule has 1 fully saturated rings. The van der Waals surface area contributed by atoms with Crippen molar-refractivity contribution >= 4 is 18.3 Å².